The molecule has 9 heteroatoms. The van der Waals surface area contributed by atoms with Crippen LogP contribution in [-0.2, 0) is 9.59 Å². The van der Waals surface area contributed by atoms with Gasteiger partial charge in [-0.2, -0.15) is 0 Å². The number of fused-ring (bicyclic) bond motifs is 5. The van der Waals surface area contributed by atoms with E-state index in [0.717, 1.165) is 22.2 Å². The van der Waals surface area contributed by atoms with E-state index in [1.807, 2.05) is 54.3 Å². The van der Waals surface area contributed by atoms with Gasteiger partial charge in [0.25, 0.3) is 5.91 Å². The van der Waals surface area contributed by atoms with Gasteiger partial charge in [0.1, 0.15) is 12.4 Å². The number of hydrogen-bond acceptors (Lipinski definition) is 6. The first-order valence-corrected chi connectivity index (χ1v) is 13.8. The molecule has 3 amide bonds. The van der Waals surface area contributed by atoms with Crippen molar-refractivity contribution in [2.24, 2.45) is 5.92 Å². The third-order valence-corrected chi connectivity index (χ3v) is 7.95. The topological polar surface area (TPSA) is 91.8 Å². The second-order valence-electron chi connectivity index (χ2n) is 9.65. The molecule has 3 heterocycles. The summed E-state index contributed by atoms with van der Waals surface area (Å²) in [5, 5.41) is 3.07. The molecule has 0 aliphatic carbocycles. The molecule has 8 nitrogen and oxygen atoms in total. The van der Waals surface area contributed by atoms with Crippen molar-refractivity contribution < 1.29 is 19.1 Å². The quantitative estimate of drug-likeness (QED) is 0.569. The van der Waals surface area contributed by atoms with Gasteiger partial charge in [0, 0.05) is 44.1 Å². The van der Waals surface area contributed by atoms with E-state index in [4.69, 9.17) is 4.74 Å². The number of thiazole rings is 1. The molecule has 0 unspecified atom stereocenters. The molecule has 37 heavy (non-hydrogen) atoms. The van der Waals surface area contributed by atoms with E-state index >= 15 is 0 Å². The summed E-state index contributed by atoms with van der Waals surface area (Å²) in [6.45, 7) is 4.70. The molecule has 0 spiro atoms. The highest BCUT2D eigenvalue weighted by Gasteiger charge is 2.40. The van der Waals surface area contributed by atoms with E-state index in [9.17, 15) is 14.4 Å². The van der Waals surface area contributed by atoms with Crippen LogP contribution in [0.5, 0.6) is 5.75 Å². The molecule has 0 radical (unpaired) electrons. The number of rotatable bonds is 3. The third-order valence-electron chi connectivity index (χ3n) is 7.16. The van der Waals surface area contributed by atoms with Gasteiger partial charge in [-0.25, -0.2) is 4.98 Å². The van der Waals surface area contributed by atoms with E-state index in [0.29, 0.717) is 63.5 Å². The van der Waals surface area contributed by atoms with Gasteiger partial charge >= 0.3 is 0 Å². The molecule has 2 bridgehead atoms. The van der Waals surface area contributed by atoms with Gasteiger partial charge in [-0.1, -0.05) is 19.1 Å². The molecule has 1 N–H and O–H groups in total. The van der Waals surface area contributed by atoms with Crippen LogP contribution in [0.2, 0.25) is 0 Å². The molecule has 3 aromatic rings. The van der Waals surface area contributed by atoms with Crippen molar-refractivity contribution in [3.8, 4) is 5.75 Å². The lowest BCUT2D eigenvalue weighted by Crippen LogP contribution is -2.39. The van der Waals surface area contributed by atoms with Crippen LogP contribution in [0.3, 0.4) is 0 Å². The molecule has 1 fully saturated rings. The van der Waals surface area contributed by atoms with Gasteiger partial charge in [-0.3, -0.25) is 14.4 Å². The van der Waals surface area contributed by atoms with Crippen molar-refractivity contribution in [3.63, 3.8) is 0 Å². The van der Waals surface area contributed by atoms with Gasteiger partial charge in [0.2, 0.25) is 11.8 Å². The highest BCUT2D eigenvalue weighted by atomic mass is 32.1. The van der Waals surface area contributed by atoms with Crippen molar-refractivity contribution in [2.45, 2.75) is 32.1 Å². The summed E-state index contributed by atoms with van der Waals surface area (Å²) in [5.41, 5.74) is 4.27. The zero-order chi connectivity index (χ0) is 25.8. The summed E-state index contributed by atoms with van der Waals surface area (Å²) in [6.07, 6.45) is 1.90. The average molecular weight is 521 g/mol. The number of nitrogens with one attached hydrogen (secondary N) is 1. The number of carbonyl (C=O) groups is 3. The van der Waals surface area contributed by atoms with Crippen LogP contribution < -0.4 is 10.1 Å². The molecule has 1 aromatic heterocycles. The Morgan fingerprint density at radius 3 is 2.84 bits per heavy atom. The van der Waals surface area contributed by atoms with Gasteiger partial charge in [-0.15, -0.1) is 11.3 Å². The fraction of sp³-hybridized carbons (Fsp3) is 0.429. The van der Waals surface area contributed by atoms with E-state index in [1.54, 1.807) is 10.4 Å². The van der Waals surface area contributed by atoms with Crippen LogP contribution in [0, 0.1) is 5.92 Å². The zero-order valence-electron chi connectivity index (χ0n) is 21.0. The van der Waals surface area contributed by atoms with Crippen molar-refractivity contribution in [1.29, 1.82) is 0 Å². The fourth-order valence-corrected chi connectivity index (χ4v) is 5.91. The highest BCUT2D eigenvalue weighted by Crippen LogP contribution is 2.35. The molecular formula is C28H32N4O4S. The Balaban J connectivity index is 1.35. The second kappa shape index (κ2) is 11.3. The maximum atomic E-state index is 13.4. The minimum absolute atomic E-state index is 0.0475. The number of amides is 3. The van der Waals surface area contributed by atoms with Crippen molar-refractivity contribution >= 4 is 39.3 Å². The summed E-state index contributed by atoms with van der Waals surface area (Å²) in [5.74, 6) is 0.292. The Hall–Kier alpha value is -3.46. The minimum Gasteiger partial charge on any atom is -0.492 e. The number of carbonyl (C=O) groups excluding carboxylic acids is 3. The number of nitrogens with zero attached hydrogens (tertiary/aromatic N) is 3. The lowest BCUT2D eigenvalue weighted by atomic mass is 9.88. The average Bonchev–Trinajstić information content (AvgIpc) is 3.57. The van der Waals surface area contributed by atoms with Gasteiger partial charge in [0.05, 0.1) is 28.2 Å². The van der Waals surface area contributed by atoms with Crippen LogP contribution in [-0.4, -0.2) is 71.8 Å². The second-order valence-corrected chi connectivity index (χ2v) is 10.5. The molecule has 2 aromatic carbocycles. The first-order chi connectivity index (χ1) is 18.0. The first-order valence-electron chi connectivity index (χ1n) is 12.9. The van der Waals surface area contributed by atoms with Crippen molar-refractivity contribution in [2.75, 3.05) is 39.3 Å². The lowest BCUT2D eigenvalue weighted by Gasteiger charge is -2.25. The predicted octanol–water partition coefficient (Wildman–Crippen LogP) is 3.68. The summed E-state index contributed by atoms with van der Waals surface area (Å²) >= 11 is 1.51. The Labute approximate surface area is 220 Å². The third kappa shape index (κ3) is 5.61. The lowest BCUT2D eigenvalue weighted by molar-refractivity contribution is -0.130. The van der Waals surface area contributed by atoms with Crippen LogP contribution >= 0.6 is 11.3 Å². The van der Waals surface area contributed by atoms with Crippen LogP contribution in [0.1, 0.15) is 48.0 Å². The van der Waals surface area contributed by atoms with Crippen LogP contribution in [0.25, 0.3) is 10.2 Å². The Kier molecular flexibility index (Phi) is 7.69. The predicted molar refractivity (Wildman–Crippen MR) is 143 cm³/mol. The zero-order valence-corrected chi connectivity index (χ0v) is 21.8. The minimum atomic E-state index is -0.317. The number of hydrogen-bond donors (Lipinski definition) is 1. The maximum absolute atomic E-state index is 13.4. The number of benzene rings is 2. The van der Waals surface area contributed by atoms with Crippen molar-refractivity contribution in [1.82, 2.24) is 20.1 Å². The van der Waals surface area contributed by atoms with Gasteiger partial charge in [-0.05, 0) is 48.7 Å². The maximum Gasteiger partial charge on any atom is 0.254 e. The Morgan fingerprint density at radius 1 is 1.11 bits per heavy atom. The van der Waals surface area contributed by atoms with Gasteiger partial charge in [0.15, 0.2) is 0 Å². The van der Waals surface area contributed by atoms with E-state index in [1.165, 1.54) is 11.3 Å². The molecule has 2 aliphatic heterocycles. The molecule has 5 rings (SSSR count). The molecule has 2 atom stereocenters. The molecule has 2 aliphatic rings. The van der Waals surface area contributed by atoms with E-state index in [-0.39, 0.29) is 29.6 Å². The van der Waals surface area contributed by atoms with E-state index in [2.05, 4.69) is 10.3 Å². The normalized spacial score (nSPS) is 20.6. The monoisotopic (exact) mass is 520 g/mol. The number of likely N-dealkylation sites (tertiary alicyclic amines) is 1. The van der Waals surface area contributed by atoms with Gasteiger partial charge < -0.3 is 19.9 Å². The summed E-state index contributed by atoms with van der Waals surface area (Å²) in [4.78, 5) is 47.2. The number of ether oxygens (including phenoxy) is 1. The summed E-state index contributed by atoms with van der Waals surface area (Å²) < 4.78 is 7.05. The van der Waals surface area contributed by atoms with E-state index < -0.39 is 0 Å². The molecule has 0 saturated carbocycles. The largest absolute Gasteiger partial charge is 0.492 e. The van der Waals surface area contributed by atoms with Crippen LogP contribution in [0.15, 0.2) is 48.0 Å². The first kappa shape index (κ1) is 25.2. The summed E-state index contributed by atoms with van der Waals surface area (Å²) in [6, 6.07) is 13.4. The SMILES string of the molecule is CCCC(=O)N1C[C@@H]2C(=O)NCCCN(C(=O)c3ccc4ncsc4c3)CCOc3cccc(c3)[C@H]2C1. The molecule has 1 saturated heterocycles. The highest BCUT2D eigenvalue weighted by molar-refractivity contribution is 7.16. The standard InChI is InChI=1S/C28H32N4O4S/c1-2-5-26(33)32-16-22-19-6-3-7-21(14-19)36-13-12-31(11-4-10-29-27(34)23(22)17-32)28(35)20-8-9-24-25(15-20)37-18-30-24/h3,6-9,14-15,18,22-23H,2,4-5,10-13,16-17H2,1H3,(H,29,34)/t22-,23+/m1/s1. The summed E-state index contributed by atoms with van der Waals surface area (Å²) in [7, 11) is 0. The smallest absolute Gasteiger partial charge is 0.254 e. The fourth-order valence-electron chi connectivity index (χ4n) is 5.19. The molecular weight excluding hydrogens is 488 g/mol. The van der Waals surface area contributed by atoms with Crippen molar-refractivity contribution in [3.05, 3.63) is 59.1 Å². The Morgan fingerprint density at radius 2 is 1.97 bits per heavy atom. The molecule has 194 valence electrons. The Bertz CT molecular complexity index is 1290. The van der Waals surface area contributed by atoms with Crippen LogP contribution in [0.4, 0.5) is 0 Å². The number of aromatic nitrogens is 1.